The van der Waals surface area contributed by atoms with Gasteiger partial charge in [0.25, 0.3) is 5.91 Å². The lowest BCUT2D eigenvalue weighted by atomic mass is 10.2. The molecule has 0 unspecified atom stereocenters. The molecule has 0 aliphatic carbocycles. The van der Waals surface area contributed by atoms with Gasteiger partial charge in [0.1, 0.15) is 0 Å². The normalized spacial score (nSPS) is 11.1. The molecule has 4 nitrogen and oxygen atoms in total. The van der Waals surface area contributed by atoms with Crippen LogP contribution in [0.3, 0.4) is 0 Å². The van der Waals surface area contributed by atoms with Gasteiger partial charge in [-0.05, 0) is 30.5 Å². The molecule has 0 aliphatic rings. The van der Waals surface area contributed by atoms with E-state index < -0.39 is 5.91 Å². The summed E-state index contributed by atoms with van der Waals surface area (Å²) in [7, 11) is 0. The van der Waals surface area contributed by atoms with Crippen molar-refractivity contribution >= 4 is 51.7 Å². The second kappa shape index (κ2) is 8.08. The number of hydrazone groups is 1. The molecule has 22 heavy (non-hydrogen) atoms. The van der Waals surface area contributed by atoms with Gasteiger partial charge in [-0.3, -0.25) is 15.5 Å². The molecule has 2 aromatic carbocycles. The molecule has 0 aliphatic heterocycles. The smallest absolute Gasteiger partial charge is 0.260 e. The molecule has 0 saturated heterocycles. The van der Waals surface area contributed by atoms with Crippen LogP contribution in [0.4, 0.5) is 5.69 Å². The minimum Gasteiger partial charge on any atom is -0.300 e. The lowest BCUT2D eigenvalue weighted by Gasteiger charge is -2.09. The van der Waals surface area contributed by atoms with Gasteiger partial charge in [0.15, 0.2) is 5.17 Å². The van der Waals surface area contributed by atoms with Gasteiger partial charge in [0.2, 0.25) is 0 Å². The van der Waals surface area contributed by atoms with E-state index in [9.17, 15) is 4.79 Å². The van der Waals surface area contributed by atoms with E-state index in [1.54, 1.807) is 24.5 Å². The summed E-state index contributed by atoms with van der Waals surface area (Å²) in [6, 6.07) is 14.3. The highest BCUT2D eigenvalue weighted by molar-refractivity contribution is 8.13. The van der Waals surface area contributed by atoms with Crippen LogP contribution in [0.2, 0.25) is 10.0 Å². The van der Waals surface area contributed by atoms with E-state index in [2.05, 4.69) is 15.8 Å². The van der Waals surface area contributed by atoms with Crippen LogP contribution in [0.5, 0.6) is 0 Å². The van der Waals surface area contributed by atoms with Crippen molar-refractivity contribution in [3.05, 3.63) is 64.1 Å². The fourth-order valence-corrected chi connectivity index (χ4v) is 2.53. The highest BCUT2D eigenvalue weighted by Crippen LogP contribution is 2.24. The third-order valence-corrected chi connectivity index (χ3v) is 3.87. The quantitative estimate of drug-likeness (QED) is 0.486. The van der Waals surface area contributed by atoms with Crippen molar-refractivity contribution in [3.8, 4) is 0 Å². The molecule has 0 bridgehead atoms. The Hall–Kier alpha value is -1.69. The number of nitrogens with zero attached hydrogens (tertiary/aromatic N) is 1. The zero-order chi connectivity index (χ0) is 15.9. The van der Waals surface area contributed by atoms with Crippen LogP contribution in [0.15, 0.2) is 53.6 Å². The topological polar surface area (TPSA) is 53.5 Å². The maximum absolute atomic E-state index is 12.3. The van der Waals surface area contributed by atoms with Gasteiger partial charge in [0, 0.05) is 0 Å². The van der Waals surface area contributed by atoms with Gasteiger partial charge in [-0.15, -0.1) is 5.10 Å². The number of amides is 1. The highest BCUT2D eigenvalue weighted by Gasteiger charge is 2.15. The van der Waals surface area contributed by atoms with E-state index in [4.69, 9.17) is 23.2 Å². The van der Waals surface area contributed by atoms with Gasteiger partial charge in [0.05, 0.1) is 21.3 Å². The minimum absolute atomic E-state index is 0.229. The summed E-state index contributed by atoms with van der Waals surface area (Å²) in [5.74, 6) is -0.404. The molecule has 0 spiro atoms. The number of thioether (sulfide) groups is 1. The summed E-state index contributed by atoms with van der Waals surface area (Å²) >= 11 is 13.3. The van der Waals surface area contributed by atoms with Crippen molar-refractivity contribution < 1.29 is 4.79 Å². The molecule has 2 N–H and O–H groups in total. The summed E-state index contributed by atoms with van der Waals surface area (Å²) in [6.07, 6.45) is 1.81. The van der Waals surface area contributed by atoms with Crippen LogP contribution in [0, 0.1) is 0 Å². The lowest BCUT2D eigenvalue weighted by molar-refractivity contribution is 0.0978. The first kappa shape index (κ1) is 16.7. The molecule has 0 atom stereocenters. The van der Waals surface area contributed by atoms with Crippen LogP contribution in [-0.4, -0.2) is 17.3 Å². The first-order valence-corrected chi connectivity index (χ1v) is 8.28. The van der Waals surface area contributed by atoms with E-state index in [0.717, 1.165) is 5.69 Å². The number of rotatable bonds is 3. The molecule has 2 aromatic rings. The van der Waals surface area contributed by atoms with E-state index in [1.165, 1.54) is 11.8 Å². The predicted molar refractivity (Wildman–Crippen MR) is 94.9 cm³/mol. The Morgan fingerprint density at radius 3 is 2.27 bits per heavy atom. The maximum atomic E-state index is 12.3. The van der Waals surface area contributed by atoms with E-state index in [0.29, 0.717) is 15.2 Å². The van der Waals surface area contributed by atoms with Crippen LogP contribution in [0.1, 0.15) is 10.4 Å². The Labute approximate surface area is 142 Å². The Bertz CT molecular complexity index is 672. The Kier molecular flexibility index (Phi) is 6.12. The van der Waals surface area contributed by atoms with Crippen molar-refractivity contribution in [3.63, 3.8) is 0 Å². The lowest BCUT2D eigenvalue weighted by Crippen LogP contribution is -2.29. The van der Waals surface area contributed by atoms with Gasteiger partial charge in [-0.2, -0.15) is 0 Å². The fourth-order valence-electron chi connectivity index (χ4n) is 1.63. The SMILES string of the molecule is CSC(=NNc1ccccc1)NC(=O)c1c(Cl)cccc1Cl. The zero-order valence-electron chi connectivity index (χ0n) is 11.6. The number of para-hydroxylation sites is 1. The second-order valence-corrected chi connectivity index (χ2v) is 5.76. The van der Waals surface area contributed by atoms with Gasteiger partial charge >= 0.3 is 0 Å². The third-order valence-electron chi connectivity index (χ3n) is 2.66. The monoisotopic (exact) mass is 353 g/mol. The van der Waals surface area contributed by atoms with Gasteiger partial charge in [-0.1, -0.05) is 59.2 Å². The predicted octanol–water partition coefficient (Wildman–Crippen LogP) is 4.47. The molecular weight excluding hydrogens is 341 g/mol. The third kappa shape index (κ3) is 4.40. The number of hydrogen-bond acceptors (Lipinski definition) is 4. The Balaban J connectivity index is 2.11. The van der Waals surface area contributed by atoms with Crippen LogP contribution >= 0.6 is 35.0 Å². The van der Waals surface area contributed by atoms with Crippen molar-refractivity contribution in [2.24, 2.45) is 5.10 Å². The highest BCUT2D eigenvalue weighted by atomic mass is 35.5. The molecule has 7 heteroatoms. The second-order valence-electron chi connectivity index (χ2n) is 4.15. The molecule has 0 radical (unpaired) electrons. The number of hydrogen-bond donors (Lipinski definition) is 2. The number of carbonyl (C=O) groups is 1. The summed E-state index contributed by atoms with van der Waals surface area (Å²) < 4.78 is 0. The number of benzene rings is 2. The van der Waals surface area contributed by atoms with Crippen molar-refractivity contribution in [1.82, 2.24) is 5.32 Å². The first-order valence-electron chi connectivity index (χ1n) is 6.30. The van der Waals surface area contributed by atoms with Crippen molar-refractivity contribution in [2.75, 3.05) is 11.7 Å². The number of halogens is 2. The fraction of sp³-hybridized carbons (Fsp3) is 0.0667. The van der Waals surface area contributed by atoms with Crippen LogP contribution in [0.25, 0.3) is 0 Å². The van der Waals surface area contributed by atoms with Crippen molar-refractivity contribution in [1.29, 1.82) is 0 Å². The zero-order valence-corrected chi connectivity index (χ0v) is 14.0. The standard InChI is InChI=1S/C15H13Cl2N3OS/c1-22-15(20-19-10-6-3-2-4-7-10)18-14(21)13-11(16)8-5-9-12(13)17/h2-9,19H,1H3,(H,18,20,21). The van der Waals surface area contributed by atoms with E-state index >= 15 is 0 Å². The van der Waals surface area contributed by atoms with E-state index in [-0.39, 0.29) is 5.56 Å². The van der Waals surface area contributed by atoms with Crippen LogP contribution in [-0.2, 0) is 0 Å². The van der Waals surface area contributed by atoms with Crippen LogP contribution < -0.4 is 10.7 Å². The number of anilines is 1. The maximum Gasteiger partial charge on any atom is 0.260 e. The van der Waals surface area contributed by atoms with E-state index in [1.807, 2.05) is 30.3 Å². The molecule has 1 amide bonds. The average molecular weight is 354 g/mol. The average Bonchev–Trinajstić information content (AvgIpc) is 2.52. The van der Waals surface area contributed by atoms with Gasteiger partial charge < -0.3 is 0 Å². The minimum atomic E-state index is -0.404. The summed E-state index contributed by atoms with van der Waals surface area (Å²) in [6.45, 7) is 0. The summed E-state index contributed by atoms with van der Waals surface area (Å²) in [4.78, 5) is 12.3. The Morgan fingerprint density at radius 2 is 1.68 bits per heavy atom. The number of nitrogens with one attached hydrogen (secondary N) is 2. The molecular formula is C15H13Cl2N3OS. The molecule has 0 fully saturated rings. The Morgan fingerprint density at radius 1 is 1.05 bits per heavy atom. The molecule has 0 heterocycles. The molecule has 114 valence electrons. The summed E-state index contributed by atoms with van der Waals surface area (Å²) in [5.41, 5.74) is 3.92. The first-order chi connectivity index (χ1) is 10.6. The molecule has 0 aromatic heterocycles. The molecule has 2 rings (SSSR count). The van der Waals surface area contributed by atoms with Crippen molar-refractivity contribution in [2.45, 2.75) is 0 Å². The molecule has 0 saturated carbocycles. The van der Waals surface area contributed by atoms with Gasteiger partial charge in [-0.25, -0.2) is 0 Å². The largest absolute Gasteiger partial charge is 0.300 e. The number of amidine groups is 1. The summed E-state index contributed by atoms with van der Waals surface area (Å²) in [5, 5.41) is 7.82. The number of carbonyl (C=O) groups excluding carboxylic acids is 1.